The van der Waals surface area contributed by atoms with E-state index in [1.54, 1.807) is 19.9 Å². The molecule has 266 valence electrons. The minimum Gasteiger partial charge on any atom is -0.446 e. The van der Waals surface area contributed by atoms with Crippen LogP contribution in [0.2, 0.25) is 0 Å². The van der Waals surface area contributed by atoms with Gasteiger partial charge in [-0.05, 0) is 100 Å². The Bertz CT molecular complexity index is 2310. The van der Waals surface area contributed by atoms with E-state index < -0.39 is 24.4 Å². The van der Waals surface area contributed by atoms with Crippen molar-refractivity contribution in [2.45, 2.75) is 92.3 Å². The first-order valence-electron chi connectivity index (χ1n) is 18.3. The maximum Gasteiger partial charge on any atom is 0.424 e. The van der Waals surface area contributed by atoms with Crippen molar-refractivity contribution in [3.8, 4) is 0 Å². The molecule has 8 nitrogen and oxygen atoms in total. The number of carbonyl (C=O) groups is 4. The maximum absolute atomic E-state index is 14.6. The summed E-state index contributed by atoms with van der Waals surface area (Å²) in [6, 6.07) is 23.0. The standard InChI is InChI=1S/C44H44N2O6/c1-9-25(7)51-43(49)45(44(50)52-26(8)10-2)36-22-21-30-32-18-20-35-39-34(19-17-31(38(32)39)29-15-12-16-33(36)37(29)30)41(47)46(42(35)48)40-27(23(3)4)13-11-14-28(40)24(5)6/h11-26H,9-10H2,1-8H3. The van der Waals surface area contributed by atoms with E-state index in [0.29, 0.717) is 46.1 Å². The van der Waals surface area contributed by atoms with Gasteiger partial charge in [0.15, 0.2) is 0 Å². The van der Waals surface area contributed by atoms with Gasteiger partial charge in [0.05, 0.1) is 11.4 Å². The van der Waals surface area contributed by atoms with Crippen molar-refractivity contribution >= 4 is 78.5 Å². The molecule has 8 heteroatoms. The Labute approximate surface area is 303 Å². The van der Waals surface area contributed by atoms with Crippen LogP contribution < -0.4 is 9.80 Å². The Kier molecular flexibility index (Phi) is 8.89. The van der Waals surface area contributed by atoms with Crippen LogP contribution >= 0.6 is 0 Å². The van der Waals surface area contributed by atoms with Crippen LogP contribution in [0.4, 0.5) is 21.0 Å². The number of anilines is 2. The van der Waals surface area contributed by atoms with E-state index in [2.05, 4.69) is 27.7 Å². The summed E-state index contributed by atoms with van der Waals surface area (Å²) in [7, 11) is 0. The van der Waals surface area contributed by atoms with Crippen molar-refractivity contribution in [1.82, 2.24) is 0 Å². The average molecular weight is 697 g/mol. The minimum atomic E-state index is -0.806. The summed E-state index contributed by atoms with van der Waals surface area (Å²) in [4.78, 5) is 58.8. The molecule has 1 aliphatic heterocycles. The van der Waals surface area contributed by atoms with Crippen molar-refractivity contribution in [2.24, 2.45) is 0 Å². The van der Waals surface area contributed by atoms with E-state index in [9.17, 15) is 19.2 Å². The molecule has 2 unspecified atom stereocenters. The molecule has 1 aliphatic rings. The van der Waals surface area contributed by atoms with Crippen LogP contribution in [0.25, 0.3) is 43.1 Å². The number of hydrogen-bond donors (Lipinski definition) is 0. The Hall–Kier alpha value is -5.50. The van der Waals surface area contributed by atoms with Crippen LogP contribution in [-0.2, 0) is 9.47 Å². The van der Waals surface area contributed by atoms with Crippen molar-refractivity contribution in [1.29, 1.82) is 0 Å². The summed E-state index contributed by atoms with van der Waals surface area (Å²) in [6.07, 6.45) is -1.26. The molecular formula is C44H44N2O6. The van der Waals surface area contributed by atoms with Gasteiger partial charge in [0, 0.05) is 21.9 Å². The zero-order chi connectivity index (χ0) is 37.2. The molecule has 6 aromatic carbocycles. The highest BCUT2D eigenvalue weighted by Gasteiger charge is 2.38. The Balaban J connectivity index is 1.46. The summed E-state index contributed by atoms with van der Waals surface area (Å²) in [6.45, 7) is 15.7. The van der Waals surface area contributed by atoms with Crippen LogP contribution in [0.1, 0.15) is 112 Å². The lowest BCUT2D eigenvalue weighted by molar-refractivity contribution is 0.0887. The number of ether oxygens (including phenoxy) is 2. The fraction of sp³-hybridized carbons (Fsp3) is 0.318. The van der Waals surface area contributed by atoms with Gasteiger partial charge in [-0.3, -0.25) is 9.59 Å². The number of benzene rings is 6. The van der Waals surface area contributed by atoms with Gasteiger partial charge in [0.1, 0.15) is 12.2 Å². The monoisotopic (exact) mass is 696 g/mol. The second-order valence-corrected chi connectivity index (χ2v) is 14.5. The number of imide groups is 2. The molecule has 0 radical (unpaired) electrons. The number of rotatable bonds is 8. The zero-order valence-electron chi connectivity index (χ0n) is 31.0. The smallest absolute Gasteiger partial charge is 0.424 e. The fourth-order valence-electron chi connectivity index (χ4n) is 7.53. The molecule has 52 heavy (non-hydrogen) atoms. The highest BCUT2D eigenvalue weighted by molar-refractivity contribution is 6.43. The summed E-state index contributed by atoms with van der Waals surface area (Å²) in [5.41, 5.74) is 3.88. The van der Waals surface area contributed by atoms with E-state index in [1.165, 1.54) is 4.90 Å². The first-order valence-corrected chi connectivity index (χ1v) is 18.3. The zero-order valence-corrected chi connectivity index (χ0v) is 31.0. The first-order chi connectivity index (χ1) is 24.9. The molecule has 0 spiro atoms. The third-order valence-corrected chi connectivity index (χ3v) is 10.6. The summed E-state index contributed by atoms with van der Waals surface area (Å²) in [5, 5.41) is 6.43. The van der Waals surface area contributed by atoms with E-state index in [0.717, 1.165) is 48.3 Å². The summed E-state index contributed by atoms with van der Waals surface area (Å²) in [5.74, 6) is -0.494. The predicted octanol–water partition coefficient (Wildman–Crippen LogP) is 11.5. The van der Waals surface area contributed by atoms with Crippen molar-refractivity contribution in [3.63, 3.8) is 0 Å². The first kappa shape index (κ1) is 34.9. The van der Waals surface area contributed by atoms with E-state index in [-0.39, 0.29) is 23.7 Å². The molecule has 7 rings (SSSR count). The quantitative estimate of drug-likeness (QED) is 0.0893. The van der Waals surface area contributed by atoms with Crippen molar-refractivity contribution in [2.75, 3.05) is 9.80 Å². The molecule has 1 heterocycles. The van der Waals surface area contributed by atoms with Gasteiger partial charge in [-0.25, -0.2) is 14.5 Å². The van der Waals surface area contributed by atoms with Gasteiger partial charge < -0.3 is 9.47 Å². The van der Waals surface area contributed by atoms with E-state index in [4.69, 9.17) is 9.47 Å². The highest BCUT2D eigenvalue weighted by atomic mass is 16.6. The number of fused-ring (bicyclic) bond motifs is 2. The average Bonchev–Trinajstić information content (AvgIpc) is 3.13. The van der Waals surface area contributed by atoms with Gasteiger partial charge in [0.2, 0.25) is 0 Å². The lowest BCUT2D eigenvalue weighted by Crippen LogP contribution is -2.41. The number of para-hydroxylation sites is 1. The maximum atomic E-state index is 14.6. The third-order valence-electron chi connectivity index (χ3n) is 10.6. The number of amides is 4. The van der Waals surface area contributed by atoms with Gasteiger partial charge in [-0.2, -0.15) is 4.90 Å². The Morgan fingerprint density at radius 2 is 1.02 bits per heavy atom. The molecule has 0 fully saturated rings. The van der Waals surface area contributed by atoms with Crippen LogP contribution in [0, 0.1) is 0 Å². The van der Waals surface area contributed by atoms with Crippen LogP contribution in [0.3, 0.4) is 0 Å². The second-order valence-electron chi connectivity index (χ2n) is 14.5. The predicted molar refractivity (Wildman–Crippen MR) is 208 cm³/mol. The molecule has 0 bridgehead atoms. The van der Waals surface area contributed by atoms with Gasteiger partial charge >= 0.3 is 12.2 Å². The molecule has 4 amide bonds. The number of hydrogen-bond acceptors (Lipinski definition) is 6. The van der Waals surface area contributed by atoms with Crippen LogP contribution in [0.15, 0.2) is 72.8 Å². The fourth-order valence-corrected chi connectivity index (χ4v) is 7.53. The van der Waals surface area contributed by atoms with Gasteiger partial charge in [0.25, 0.3) is 11.8 Å². The SMILES string of the molecule is CCC(C)OC(=O)N(C(=O)OC(C)CC)c1ccc2c3ccc4c5c(ccc(c6cccc1c62)c53)C(=O)N(c1c(C(C)C)cccc1C(C)C)C4=O. The molecule has 0 aromatic heterocycles. The minimum absolute atomic E-state index is 0.0951. The normalized spacial score (nSPS) is 14.3. The molecule has 0 N–H and O–H groups in total. The molecule has 0 aliphatic carbocycles. The van der Waals surface area contributed by atoms with Gasteiger partial charge in [-0.15, -0.1) is 0 Å². The lowest BCUT2D eigenvalue weighted by atomic mass is 9.83. The summed E-state index contributed by atoms with van der Waals surface area (Å²) < 4.78 is 11.3. The Morgan fingerprint density at radius 1 is 0.577 bits per heavy atom. The molecule has 6 aromatic rings. The van der Waals surface area contributed by atoms with Gasteiger partial charge in [-0.1, -0.05) is 96.1 Å². The highest BCUT2D eigenvalue weighted by Crippen LogP contribution is 2.47. The molecular weight excluding hydrogens is 652 g/mol. The van der Waals surface area contributed by atoms with Crippen molar-refractivity contribution < 1.29 is 28.7 Å². The topological polar surface area (TPSA) is 93.2 Å². The number of nitrogens with zero attached hydrogens (tertiary/aromatic N) is 2. The Morgan fingerprint density at radius 3 is 1.52 bits per heavy atom. The number of carbonyl (C=O) groups excluding carboxylic acids is 4. The largest absolute Gasteiger partial charge is 0.446 e. The molecule has 2 atom stereocenters. The van der Waals surface area contributed by atoms with Crippen LogP contribution in [-0.4, -0.2) is 36.2 Å². The van der Waals surface area contributed by atoms with Crippen LogP contribution in [0.5, 0.6) is 0 Å². The van der Waals surface area contributed by atoms with Crippen molar-refractivity contribution in [3.05, 3.63) is 95.1 Å². The second kappa shape index (κ2) is 13.2. The molecule has 0 saturated carbocycles. The third kappa shape index (κ3) is 5.35. The lowest BCUT2D eigenvalue weighted by Gasteiger charge is -2.32. The molecule has 0 saturated heterocycles. The van der Waals surface area contributed by atoms with E-state index in [1.807, 2.05) is 80.6 Å². The van der Waals surface area contributed by atoms with E-state index >= 15 is 0 Å². The summed E-state index contributed by atoms with van der Waals surface area (Å²) >= 11 is 0.